The van der Waals surface area contributed by atoms with Crippen LogP contribution in [-0.4, -0.2) is 28.8 Å². The van der Waals surface area contributed by atoms with Crippen molar-refractivity contribution in [3.8, 4) is 6.07 Å². The normalized spacial score (nSPS) is 11.5. The van der Waals surface area contributed by atoms with Gasteiger partial charge in [0.05, 0.1) is 33.2 Å². The lowest BCUT2D eigenvalue weighted by Crippen LogP contribution is -2.34. The number of nitrogen functional groups attached to an aromatic ring is 1. The molecule has 1 amide bonds. The first kappa shape index (κ1) is 16.7. The van der Waals surface area contributed by atoms with E-state index in [1.54, 1.807) is 13.8 Å². The van der Waals surface area contributed by atoms with Crippen molar-refractivity contribution < 1.29 is 9.72 Å². The number of nitrogens with zero attached hydrogens (tertiary/aromatic N) is 3. The highest BCUT2D eigenvalue weighted by molar-refractivity contribution is 6.34. The van der Waals surface area contributed by atoms with Gasteiger partial charge in [0.25, 0.3) is 11.6 Å². The minimum Gasteiger partial charge on any atom is -0.397 e. The van der Waals surface area contributed by atoms with Gasteiger partial charge in [-0.1, -0.05) is 11.6 Å². The molecule has 1 aromatic carbocycles. The average molecular weight is 311 g/mol. The Morgan fingerprint density at radius 1 is 1.62 bits per heavy atom. The molecule has 2 N–H and O–H groups in total. The van der Waals surface area contributed by atoms with Crippen molar-refractivity contribution in [3.63, 3.8) is 0 Å². The zero-order valence-electron chi connectivity index (χ0n) is 11.7. The van der Waals surface area contributed by atoms with E-state index in [9.17, 15) is 14.9 Å². The van der Waals surface area contributed by atoms with Crippen molar-refractivity contribution in [1.82, 2.24) is 4.90 Å². The predicted octanol–water partition coefficient (Wildman–Crippen LogP) is 2.45. The number of non-ortho nitro benzene ring substituents is 1. The van der Waals surface area contributed by atoms with Crippen LogP contribution in [0.4, 0.5) is 11.4 Å². The first-order valence-electron chi connectivity index (χ1n) is 6.24. The fourth-order valence-corrected chi connectivity index (χ4v) is 2.00. The van der Waals surface area contributed by atoms with E-state index in [2.05, 4.69) is 0 Å². The Hall–Kier alpha value is -2.33. The van der Waals surface area contributed by atoms with E-state index < -0.39 is 10.8 Å². The van der Waals surface area contributed by atoms with Crippen LogP contribution in [-0.2, 0) is 0 Å². The molecule has 0 saturated heterocycles. The smallest absolute Gasteiger partial charge is 0.271 e. The highest BCUT2D eigenvalue weighted by Gasteiger charge is 2.23. The second kappa shape index (κ2) is 6.90. The van der Waals surface area contributed by atoms with Crippen LogP contribution < -0.4 is 5.73 Å². The molecule has 0 heterocycles. The number of nitriles is 1. The third-order valence-corrected chi connectivity index (χ3v) is 3.25. The van der Waals surface area contributed by atoms with Gasteiger partial charge in [-0.2, -0.15) is 5.26 Å². The minimum atomic E-state index is -0.643. The number of carbonyl (C=O) groups excluding carboxylic acids is 1. The zero-order valence-corrected chi connectivity index (χ0v) is 12.4. The van der Waals surface area contributed by atoms with Crippen LogP contribution >= 0.6 is 11.6 Å². The predicted molar refractivity (Wildman–Crippen MR) is 78.9 cm³/mol. The van der Waals surface area contributed by atoms with Crippen LogP contribution in [0, 0.1) is 27.4 Å². The van der Waals surface area contributed by atoms with Crippen molar-refractivity contribution in [3.05, 3.63) is 32.8 Å². The van der Waals surface area contributed by atoms with Crippen molar-refractivity contribution in [1.29, 1.82) is 5.26 Å². The molecule has 1 aromatic rings. The molecule has 21 heavy (non-hydrogen) atoms. The quantitative estimate of drug-likeness (QED) is 0.509. The van der Waals surface area contributed by atoms with Crippen molar-refractivity contribution in [2.45, 2.75) is 13.8 Å². The molecule has 1 unspecified atom stereocenters. The molecule has 1 rings (SSSR count). The molecule has 8 heteroatoms. The van der Waals surface area contributed by atoms with Gasteiger partial charge in [-0.25, -0.2) is 0 Å². The number of halogens is 1. The van der Waals surface area contributed by atoms with Gasteiger partial charge in [-0.05, 0) is 13.8 Å². The lowest BCUT2D eigenvalue weighted by molar-refractivity contribution is -0.384. The Kier molecular flexibility index (Phi) is 5.50. The summed E-state index contributed by atoms with van der Waals surface area (Å²) in [7, 11) is 0. The van der Waals surface area contributed by atoms with Crippen LogP contribution in [0.1, 0.15) is 24.2 Å². The topological polar surface area (TPSA) is 113 Å². The number of carbonyl (C=O) groups is 1. The van der Waals surface area contributed by atoms with Gasteiger partial charge in [0.1, 0.15) is 0 Å². The largest absolute Gasteiger partial charge is 0.397 e. The molecule has 0 aliphatic carbocycles. The highest BCUT2D eigenvalue weighted by Crippen LogP contribution is 2.29. The summed E-state index contributed by atoms with van der Waals surface area (Å²) in [6.45, 7) is 3.99. The number of hydrogen-bond acceptors (Lipinski definition) is 5. The van der Waals surface area contributed by atoms with Gasteiger partial charge >= 0.3 is 0 Å². The Morgan fingerprint density at radius 3 is 2.71 bits per heavy atom. The van der Waals surface area contributed by atoms with E-state index in [0.29, 0.717) is 6.54 Å². The summed E-state index contributed by atoms with van der Waals surface area (Å²) in [6, 6.07) is 4.23. The zero-order chi connectivity index (χ0) is 16.2. The number of benzene rings is 1. The molecular weight excluding hydrogens is 296 g/mol. The first-order valence-corrected chi connectivity index (χ1v) is 6.61. The van der Waals surface area contributed by atoms with Gasteiger partial charge in [0.15, 0.2) is 0 Å². The highest BCUT2D eigenvalue weighted by atomic mass is 35.5. The Labute approximate surface area is 127 Å². The molecule has 0 saturated carbocycles. The third-order valence-electron chi connectivity index (χ3n) is 2.94. The second-order valence-electron chi connectivity index (χ2n) is 4.52. The maximum atomic E-state index is 12.4. The molecule has 0 aliphatic rings. The van der Waals surface area contributed by atoms with E-state index in [1.807, 2.05) is 6.07 Å². The molecule has 7 nitrogen and oxygen atoms in total. The number of nitrogens with two attached hydrogens (primary N) is 1. The summed E-state index contributed by atoms with van der Waals surface area (Å²) in [5.41, 5.74) is 5.41. The van der Waals surface area contributed by atoms with Crippen LogP contribution in [0.2, 0.25) is 5.02 Å². The summed E-state index contributed by atoms with van der Waals surface area (Å²) in [5, 5.41) is 19.6. The van der Waals surface area contributed by atoms with Gasteiger partial charge in [0.2, 0.25) is 0 Å². The fraction of sp³-hybridized carbons (Fsp3) is 0.385. The number of anilines is 1. The summed E-state index contributed by atoms with van der Waals surface area (Å²) < 4.78 is 0. The minimum absolute atomic E-state index is 0.00433. The number of amides is 1. The number of nitro benzene ring substituents is 1. The van der Waals surface area contributed by atoms with E-state index in [1.165, 1.54) is 4.90 Å². The summed E-state index contributed by atoms with van der Waals surface area (Å²) >= 11 is 5.84. The van der Waals surface area contributed by atoms with Crippen molar-refractivity contribution in [2.24, 2.45) is 5.92 Å². The summed E-state index contributed by atoms with van der Waals surface area (Å²) in [5.74, 6) is -0.841. The molecule has 1 atom stereocenters. The molecule has 0 spiro atoms. The molecule has 0 radical (unpaired) electrons. The van der Waals surface area contributed by atoms with Gasteiger partial charge in [-0.15, -0.1) is 0 Å². The van der Waals surface area contributed by atoms with Gasteiger partial charge in [-0.3, -0.25) is 14.9 Å². The van der Waals surface area contributed by atoms with Crippen LogP contribution in [0.5, 0.6) is 0 Å². The van der Waals surface area contributed by atoms with Crippen molar-refractivity contribution in [2.75, 3.05) is 18.8 Å². The first-order chi connectivity index (χ1) is 9.81. The monoisotopic (exact) mass is 310 g/mol. The summed E-state index contributed by atoms with van der Waals surface area (Å²) in [4.78, 5) is 24.0. The molecular formula is C13H15ClN4O3. The molecule has 0 bridgehead atoms. The van der Waals surface area contributed by atoms with E-state index in [4.69, 9.17) is 22.6 Å². The molecule has 0 fully saturated rings. The number of rotatable bonds is 5. The maximum Gasteiger partial charge on any atom is 0.271 e. The lowest BCUT2D eigenvalue weighted by atomic mass is 10.1. The average Bonchev–Trinajstić information content (AvgIpc) is 2.46. The Bertz CT molecular complexity index is 612. The van der Waals surface area contributed by atoms with E-state index in [0.717, 1.165) is 12.1 Å². The van der Waals surface area contributed by atoms with E-state index >= 15 is 0 Å². The van der Waals surface area contributed by atoms with E-state index in [-0.39, 0.29) is 34.4 Å². The molecule has 0 aromatic heterocycles. The lowest BCUT2D eigenvalue weighted by Gasteiger charge is -2.22. The molecule has 0 aliphatic heterocycles. The van der Waals surface area contributed by atoms with Crippen molar-refractivity contribution >= 4 is 28.9 Å². The fourth-order valence-electron chi connectivity index (χ4n) is 1.78. The Morgan fingerprint density at radius 2 is 2.24 bits per heavy atom. The van der Waals surface area contributed by atoms with Crippen LogP contribution in [0.25, 0.3) is 0 Å². The summed E-state index contributed by atoms with van der Waals surface area (Å²) in [6.07, 6.45) is 0. The van der Waals surface area contributed by atoms with Crippen LogP contribution in [0.15, 0.2) is 12.1 Å². The van der Waals surface area contributed by atoms with Gasteiger partial charge in [0, 0.05) is 25.2 Å². The third kappa shape index (κ3) is 3.83. The molecule has 112 valence electrons. The number of hydrogen-bond donors (Lipinski definition) is 1. The van der Waals surface area contributed by atoms with Gasteiger partial charge < -0.3 is 10.6 Å². The maximum absolute atomic E-state index is 12.4. The Balaban J connectivity index is 3.22. The standard InChI is InChI=1S/C13H15ClN4O3/c1-3-17(7-8(2)6-15)13(19)10-4-9(18(20)21)5-11(14)12(10)16/h4-5,8H,3,7,16H2,1-2H3. The second-order valence-corrected chi connectivity index (χ2v) is 4.93. The van der Waals surface area contributed by atoms with Crippen LogP contribution in [0.3, 0.4) is 0 Å². The number of nitro groups is 1. The SMILES string of the molecule is CCN(CC(C)C#N)C(=O)c1cc([N+](=O)[O-])cc(Cl)c1N.